The maximum Gasteiger partial charge on any atom is 0.144 e. The fourth-order valence-electron chi connectivity index (χ4n) is 1.55. The van der Waals surface area contributed by atoms with E-state index >= 15 is 0 Å². The van der Waals surface area contributed by atoms with Crippen molar-refractivity contribution in [2.24, 2.45) is 4.99 Å². The summed E-state index contributed by atoms with van der Waals surface area (Å²) in [7, 11) is 1.65. The van der Waals surface area contributed by atoms with Crippen LogP contribution >= 0.6 is 0 Å². The molecule has 2 aromatic rings. The molecule has 2 rings (SSSR count). The van der Waals surface area contributed by atoms with Crippen molar-refractivity contribution in [1.82, 2.24) is 4.98 Å². The molecular weight excluding hydrogens is 212 g/mol. The third kappa shape index (κ3) is 2.69. The summed E-state index contributed by atoms with van der Waals surface area (Å²) in [5.41, 5.74) is 2.76. The Morgan fingerprint density at radius 3 is 2.76 bits per heavy atom. The van der Waals surface area contributed by atoms with Crippen molar-refractivity contribution in [2.75, 3.05) is 7.11 Å². The number of methoxy groups -OCH3 is 1. The number of nitrogens with zero attached hydrogens (tertiary/aromatic N) is 2. The van der Waals surface area contributed by atoms with E-state index in [1.807, 2.05) is 43.3 Å². The van der Waals surface area contributed by atoms with Crippen molar-refractivity contribution in [3.8, 4) is 5.75 Å². The Bertz CT molecular complexity index is 521. The minimum Gasteiger partial charge on any atom is -0.494 e. The van der Waals surface area contributed by atoms with Gasteiger partial charge < -0.3 is 4.74 Å². The van der Waals surface area contributed by atoms with E-state index in [0.29, 0.717) is 0 Å². The van der Waals surface area contributed by atoms with Crippen LogP contribution in [0.5, 0.6) is 5.75 Å². The molecule has 0 aliphatic heterocycles. The molecule has 0 fully saturated rings. The third-order valence-corrected chi connectivity index (χ3v) is 2.43. The SMILES string of the molecule is COc1cccc(C)c1/N=C/c1ccccn1. The number of aromatic nitrogens is 1. The summed E-state index contributed by atoms with van der Waals surface area (Å²) >= 11 is 0. The minimum atomic E-state index is 0.775. The second-order valence-electron chi connectivity index (χ2n) is 3.64. The van der Waals surface area contributed by atoms with Crippen molar-refractivity contribution in [2.45, 2.75) is 6.92 Å². The Labute approximate surface area is 101 Å². The summed E-state index contributed by atoms with van der Waals surface area (Å²) in [6.07, 6.45) is 3.49. The van der Waals surface area contributed by atoms with E-state index in [4.69, 9.17) is 4.74 Å². The number of ether oxygens (including phenoxy) is 1. The van der Waals surface area contributed by atoms with Crippen molar-refractivity contribution >= 4 is 11.9 Å². The minimum absolute atomic E-state index is 0.775. The molecular formula is C14H14N2O. The highest BCUT2D eigenvalue weighted by molar-refractivity contribution is 5.81. The van der Waals surface area contributed by atoms with E-state index in [9.17, 15) is 0 Å². The van der Waals surface area contributed by atoms with E-state index in [0.717, 1.165) is 22.7 Å². The van der Waals surface area contributed by atoms with Gasteiger partial charge in [-0.25, -0.2) is 0 Å². The van der Waals surface area contributed by atoms with Gasteiger partial charge in [-0.15, -0.1) is 0 Å². The van der Waals surface area contributed by atoms with Gasteiger partial charge in [0.2, 0.25) is 0 Å². The Morgan fingerprint density at radius 2 is 2.06 bits per heavy atom. The number of benzene rings is 1. The van der Waals surface area contributed by atoms with Crippen LogP contribution in [0.1, 0.15) is 11.3 Å². The van der Waals surface area contributed by atoms with Crippen LogP contribution in [0.15, 0.2) is 47.6 Å². The van der Waals surface area contributed by atoms with Crippen LogP contribution in [0.25, 0.3) is 0 Å². The predicted molar refractivity (Wildman–Crippen MR) is 69.2 cm³/mol. The van der Waals surface area contributed by atoms with Crippen LogP contribution in [0.2, 0.25) is 0 Å². The highest BCUT2D eigenvalue weighted by Gasteiger charge is 2.03. The van der Waals surface area contributed by atoms with Crippen LogP contribution in [-0.4, -0.2) is 18.3 Å². The molecule has 0 unspecified atom stereocenters. The second kappa shape index (κ2) is 5.25. The van der Waals surface area contributed by atoms with Crippen molar-refractivity contribution in [3.63, 3.8) is 0 Å². The van der Waals surface area contributed by atoms with Crippen LogP contribution in [-0.2, 0) is 0 Å². The fourth-order valence-corrected chi connectivity index (χ4v) is 1.55. The molecule has 0 atom stereocenters. The number of pyridine rings is 1. The molecule has 0 aliphatic rings. The van der Waals surface area contributed by atoms with Gasteiger partial charge in [0.15, 0.2) is 0 Å². The van der Waals surface area contributed by atoms with Gasteiger partial charge in [0.25, 0.3) is 0 Å². The summed E-state index contributed by atoms with van der Waals surface area (Å²) in [5, 5.41) is 0. The molecule has 0 spiro atoms. The summed E-state index contributed by atoms with van der Waals surface area (Å²) in [5.74, 6) is 0.775. The first-order valence-corrected chi connectivity index (χ1v) is 5.40. The molecule has 86 valence electrons. The van der Waals surface area contributed by atoms with Crippen LogP contribution < -0.4 is 4.74 Å². The normalized spacial score (nSPS) is 10.7. The van der Waals surface area contributed by atoms with Gasteiger partial charge in [-0.05, 0) is 30.7 Å². The quantitative estimate of drug-likeness (QED) is 0.753. The number of aryl methyl sites for hydroxylation is 1. The van der Waals surface area contributed by atoms with Gasteiger partial charge in [0, 0.05) is 6.20 Å². The van der Waals surface area contributed by atoms with Gasteiger partial charge in [0.05, 0.1) is 19.0 Å². The zero-order valence-electron chi connectivity index (χ0n) is 9.92. The molecule has 0 aliphatic carbocycles. The monoisotopic (exact) mass is 226 g/mol. The summed E-state index contributed by atoms with van der Waals surface area (Å²) in [6.45, 7) is 2.01. The number of para-hydroxylation sites is 1. The third-order valence-electron chi connectivity index (χ3n) is 2.43. The van der Waals surface area contributed by atoms with Crippen molar-refractivity contribution in [3.05, 3.63) is 53.9 Å². The zero-order valence-corrected chi connectivity index (χ0v) is 9.92. The molecule has 1 aromatic carbocycles. The average molecular weight is 226 g/mol. The van der Waals surface area contributed by atoms with Crippen LogP contribution in [0.3, 0.4) is 0 Å². The van der Waals surface area contributed by atoms with E-state index in [1.165, 1.54) is 0 Å². The smallest absolute Gasteiger partial charge is 0.144 e. The van der Waals surface area contributed by atoms with Crippen molar-refractivity contribution < 1.29 is 4.74 Å². The molecule has 0 bridgehead atoms. The average Bonchev–Trinajstić information content (AvgIpc) is 2.38. The molecule has 0 N–H and O–H groups in total. The number of aliphatic imine (C=N–C) groups is 1. The number of rotatable bonds is 3. The molecule has 1 heterocycles. The molecule has 17 heavy (non-hydrogen) atoms. The maximum absolute atomic E-state index is 5.28. The van der Waals surface area contributed by atoms with Crippen LogP contribution in [0, 0.1) is 6.92 Å². The molecule has 0 radical (unpaired) electrons. The summed E-state index contributed by atoms with van der Waals surface area (Å²) < 4.78 is 5.28. The summed E-state index contributed by atoms with van der Waals surface area (Å²) in [6, 6.07) is 11.6. The Balaban J connectivity index is 2.33. The van der Waals surface area contributed by atoms with E-state index in [1.54, 1.807) is 19.5 Å². The lowest BCUT2D eigenvalue weighted by atomic mass is 10.2. The Hall–Kier alpha value is -2.16. The van der Waals surface area contributed by atoms with Gasteiger partial charge in [-0.1, -0.05) is 18.2 Å². The second-order valence-corrected chi connectivity index (χ2v) is 3.64. The number of hydrogen-bond acceptors (Lipinski definition) is 3. The molecule has 0 saturated heterocycles. The summed E-state index contributed by atoms with van der Waals surface area (Å²) in [4.78, 5) is 8.62. The van der Waals surface area contributed by atoms with Gasteiger partial charge >= 0.3 is 0 Å². The Morgan fingerprint density at radius 1 is 1.18 bits per heavy atom. The zero-order chi connectivity index (χ0) is 12.1. The standard InChI is InChI=1S/C14H14N2O/c1-11-6-5-8-13(17-2)14(11)16-10-12-7-3-4-9-15-12/h3-10H,1-2H3/b16-10+. The first-order chi connectivity index (χ1) is 8.31. The van der Waals surface area contributed by atoms with E-state index in [2.05, 4.69) is 9.98 Å². The van der Waals surface area contributed by atoms with Gasteiger partial charge in [0.1, 0.15) is 11.4 Å². The number of hydrogen-bond donors (Lipinski definition) is 0. The maximum atomic E-state index is 5.28. The molecule has 0 saturated carbocycles. The molecule has 0 amide bonds. The van der Waals surface area contributed by atoms with Crippen molar-refractivity contribution in [1.29, 1.82) is 0 Å². The first-order valence-electron chi connectivity index (χ1n) is 5.40. The largest absolute Gasteiger partial charge is 0.494 e. The molecule has 1 aromatic heterocycles. The highest BCUT2D eigenvalue weighted by atomic mass is 16.5. The van der Waals surface area contributed by atoms with Gasteiger partial charge in [-0.2, -0.15) is 0 Å². The fraction of sp³-hybridized carbons (Fsp3) is 0.143. The van der Waals surface area contributed by atoms with Crippen LogP contribution in [0.4, 0.5) is 5.69 Å². The van der Waals surface area contributed by atoms with E-state index < -0.39 is 0 Å². The Kier molecular flexibility index (Phi) is 3.50. The molecule has 3 heteroatoms. The molecule has 3 nitrogen and oxygen atoms in total. The van der Waals surface area contributed by atoms with E-state index in [-0.39, 0.29) is 0 Å². The first kappa shape index (κ1) is 11.3. The highest BCUT2D eigenvalue weighted by Crippen LogP contribution is 2.30. The predicted octanol–water partition coefficient (Wildman–Crippen LogP) is 3.15. The lowest BCUT2D eigenvalue weighted by molar-refractivity contribution is 0.416. The topological polar surface area (TPSA) is 34.5 Å². The van der Waals surface area contributed by atoms with Gasteiger partial charge in [-0.3, -0.25) is 9.98 Å². The lowest BCUT2D eigenvalue weighted by Gasteiger charge is -2.06. The lowest BCUT2D eigenvalue weighted by Crippen LogP contribution is -1.88.